The topological polar surface area (TPSA) is 86.3 Å². The minimum atomic E-state index is -0.482. The van der Waals surface area contributed by atoms with E-state index in [0.29, 0.717) is 11.7 Å². The van der Waals surface area contributed by atoms with E-state index in [1.807, 2.05) is 23.1 Å². The number of nitrogens with zero attached hydrogens (tertiary/aromatic N) is 4. The summed E-state index contributed by atoms with van der Waals surface area (Å²) in [7, 11) is 0. The standard InChI is InChI=1S/C22H25N5O2/c23-22(28)21-19-11-16(4-5-20(19)27(25-21)18-2-1-3-18)17-10-15(12-24-13-17)14-26-6-8-29-9-7-26/h4-5,10-13,18H,1-3,6-9,14H2,(H2,23,28). The number of ether oxygens (including phenoxy) is 1. The van der Waals surface area contributed by atoms with Gasteiger partial charge in [0.25, 0.3) is 5.91 Å². The monoisotopic (exact) mass is 391 g/mol. The number of fused-ring (bicyclic) bond motifs is 1. The molecule has 1 saturated heterocycles. The molecule has 150 valence electrons. The number of morpholine rings is 1. The molecule has 3 heterocycles. The maximum Gasteiger partial charge on any atom is 0.269 e. The Labute approximate surface area is 169 Å². The van der Waals surface area contributed by atoms with E-state index in [-0.39, 0.29) is 0 Å². The Bertz CT molecular complexity index is 1050. The van der Waals surface area contributed by atoms with Crippen LogP contribution in [0.15, 0.2) is 36.7 Å². The van der Waals surface area contributed by atoms with Gasteiger partial charge in [0.2, 0.25) is 0 Å². The average Bonchev–Trinajstić information content (AvgIpc) is 3.06. The van der Waals surface area contributed by atoms with Gasteiger partial charge in [-0.25, -0.2) is 0 Å². The Balaban J connectivity index is 1.49. The fraction of sp³-hybridized carbons (Fsp3) is 0.409. The van der Waals surface area contributed by atoms with Gasteiger partial charge in [0, 0.05) is 43.0 Å². The van der Waals surface area contributed by atoms with E-state index < -0.39 is 5.91 Å². The number of nitrogens with two attached hydrogens (primary N) is 1. The molecule has 1 saturated carbocycles. The molecule has 7 heteroatoms. The summed E-state index contributed by atoms with van der Waals surface area (Å²) >= 11 is 0. The number of aromatic nitrogens is 3. The zero-order valence-corrected chi connectivity index (χ0v) is 16.4. The molecule has 1 amide bonds. The van der Waals surface area contributed by atoms with Crippen molar-refractivity contribution in [2.75, 3.05) is 26.3 Å². The molecule has 2 aromatic heterocycles. The smallest absolute Gasteiger partial charge is 0.269 e. The molecule has 2 fully saturated rings. The van der Waals surface area contributed by atoms with Crippen LogP contribution < -0.4 is 5.73 Å². The van der Waals surface area contributed by atoms with Crippen LogP contribution in [0.4, 0.5) is 0 Å². The lowest BCUT2D eigenvalue weighted by Gasteiger charge is -2.26. The lowest BCUT2D eigenvalue weighted by Crippen LogP contribution is -2.35. The second-order valence-electron chi connectivity index (χ2n) is 7.94. The Morgan fingerprint density at radius 2 is 1.97 bits per heavy atom. The number of benzene rings is 1. The number of amides is 1. The molecule has 5 rings (SSSR count). The predicted octanol–water partition coefficient (Wildman–Crippen LogP) is 2.75. The number of carbonyl (C=O) groups excluding carboxylic acids is 1. The second-order valence-corrected chi connectivity index (χ2v) is 7.94. The van der Waals surface area contributed by atoms with Crippen LogP contribution in [0.1, 0.15) is 41.4 Å². The molecule has 7 nitrogen and oxygen atoms in total. The summed E-state index contributed by atoms with van der Waals surface area (Å²) < 4.78 is 7.41. The molecule has 1 aliphatic carbocycles. The van der Waals surface area contributed by atoms with Gasteiger partial charge in [-0.05, 0) is 48.6 Å². The van der Waals surface area contributed by atoms with Crippen molar-refractivity contribution in [1.82, 2.24) is 19.7 Å². The van der Waals surface area contributed by atoms with Crippen molar-refractivity contribution < 1.29 is 9.53 Å². The van der Waals surface area contributed by atoms with Crippen molar-refractivity contribution in [2.24, 2.45) is 5.73 Å². The molecular weight excluding hydrogens is 366 g/mol. The zero-order chi connectivity index (χ0) is 19.8. The third-order valence-corrected chi connectivity index (χ3v) is 6.00. The number of primary amides is 1. The summed E-state index contributed by atoms with van der Waals surface area (Å²) in [5, 5.41) is 5.37. The summed E-state index contributed by atoms with van der Waals surface area (Å²) in [5.74, 6) is -0.482. The first-order valence-corrected chi connectivity index (χ1v) is 10.3. The highest BCUT2D eigenvalue weighted by molar-refractivity contribution is 6.05. The lowest BCUT2D eigenvalue weighted by molar-refractivity contribution is 0.0341. The number of hydrogen-bond acceptors (Lipinski definition) is 5. The van der Waals surface area contributed by atoms with Gasteiger partial charge in [-0.3, -0.25) is 19.4 Å². The Morgan fingerprint density at radius 1 is 1.14 bits per heavy atom. The van der Waals surface area contributed by atoms with E-state index in [0.717, 1.165) is 67.7 Å². The SMILES string of the molecule is NC(=O)c1nn(C2CCC2)c2ccc(-c3cncc(CN4CCOCC4)c3)cc12. The molecule has 2 aliphatic rings. The summed E-state index contributed by atoms with van der Waals surface area (Å²) in [6.45, 7) is 4.31. The molecular formula is C22H25N5O2. The van der Waals surface area contributed by atoms with Gasteiger partial charge in [-0.15, -0.1) is 0 Å². The van der Waals surface area contributed by atoms with E-state index in [2.05, 4.69) is 33.2 Å². The van der Waals surface area contributed by atoms with Crippen molar-refractivity contribution in [3.05, 3.63) is 47.9 Å². The quantitative estimate of drug-likeness (QED) is 0.723. The molecule has 1 aliphatic heterocycles. The van der Waals surface area contributed by atoms with Crippen LogP contribution in [-0.2, 0) is 11.3 Å². The van der Waals surface area contributed by atoms with Crippen molar-refractivity contribution >= 4 is 16.8 Å². The number of pyridine rings is 1. The fourth-order valence-electron chi connectivity index (χ4n) is 4.16. The van der Waals surface area contributed by atoms with E-state index in [4.69, 9.17) is 10.5 Å². The van der Waals surface area contributed by atoms with Gasteiger partial charge >= 0.3 is 0 Å². The molecule has 0 atom stereocenters. The maximum absolute atomic E-state index is 12.0. The molecule has 2 N–H and O–H groups in total. The first-order chi connectivity index (χ1) is 14.2. The summed E-state index contributed by atoms with van der Waals surface area (Å²) in [6, 6.07) is 8.70. The van der Waals surface area contributed by atoms with Crippen LogP contribution in [0.5, 0.6) is 0 Å². The second kappa shape index (κ2) is 7.57. The van der Waals surface area contributed by atoms with Crippen molar-refractivity contribution in [2.45, 2.75) is 31.8 Å². The highest BCUT2D eigenvalue weighted by atomic mass is 16.5. The van der Waals surface area contributed by atoms with Crippen LogP contribution in [0.2, 0.25) is 0 Å². The van der Waals surface area contributed by atoms with Gasteiger partial charge in [0.15, 0.2) is 5.69 Å². The van der Waals surface area contributed by atoms with E-state index in [9.17, 15) is 4.79 Å². The maximum atomic E-state index is 12.0. The van der Waals surface area contributed by atoms with Gasteiger partial charge in [0.1, 0.15) is 0 Å². The number of hydrogen-bond donors (Lipinski definition) is 1. The van der Waals surface area contributed by atoms with Gasteiger partial charge in [0.05, 0.1) is 24.8 Å². The zero-order valence-electron chi connectivity index (χ0n) is 16.4. The summed E-state index contributed by atoms with van der Waals surface area (Å²) in [4.78, 5) is 18.8. The van der Waals surface area contributed by atoms with Crippen LogP contribution in [0, 0.1) is 0 Å². The summed E-state index contributed by atoms with van der Waals surface area (Å²) in [5.41, 5.74) is 10.2. The molecule has 0 unspecified atom stereocenters. The van der Waals surface area contributed by atoms with E-state index in [1.54, 1.807) is 0 Å². The van der Waals surface area contributed by atoms with Gasteiger partial charge in [-0.2, -0.15) is 5.10 Å². The van der Waals surface area contributed by atoms with Gasteiger partial charge < -0.3 is 10.5 Å². The van der Waals surface area contributed by atoms with E-state index in [1.165, 1.54) is 12.0 Å². The first kappa shape index (κ1) is 18.3. The normalized spacial score (nSPS) is 18.1. The Morgan fingerprint density at radius 3 is 2.69 bits per heavy atom. The number of rotatable bonds is 5. The highest BCUT2D eigenvalue weighted by Crippen LogP contribution is 2.35. The third-order valence-electron chi connectivity index (χ3n) is 6.00. The van der Waals surface area contributed by atoms with Crippen molar-refractivity contribution in [1.29, 1.82) is 0 Å². The van der Waals surface area contributed by atoms with Crippen molar-refractivity contribution in [3.8, 4) is 11.1 Å². The van der Waals surface area contributed by atoms with Gasteiger partial charge in [-0.1, -0.05) is 6.07 Å². The van der Waals surface area contributed by atoms with Crippen LogP contribution >= 0.6 is 0 Å². The van der Waals surface area contributed by atoms with E-state index >= 15 is 0 Å². The lowest BCUT2D eigenvalue weighted by atomic mass is 9.93. The number of carbonyl (C=O) groups is 1. The molecule has 0 bridgehead atoms. The molecule has 0 spiro atoms. The molecule has 0 radical (unpaired) electrons. The molecule has 3 aromatic rings. The predicted molar refractivity (Wildman–Crippen MR) is 110 cm³/mol. The minimum Gasteiger partial charge on any atom is -0.379 e. The minimum absolute atomic E-state index is 0.353. The molecule has 1 aromatic carbocycles. The first-order valence-electron chi connectivity index (χ1n) is 10.3. The van der Waals surface area contributed by atoms with Crippen LogP contribution in [0.25, 0.3) is 22.0 Å². The molecule has 29 heavy (non-hydrogen) atoms. The highest BCUT2D eigenvalue weighted by Gasteiger charge is 2.25. The Hall–Kier alpha value is -2.77. The third kappa shape index (κ3) is 3.52. The fourth-order valence-corrected chi connectivity index (χ4v) is 4.16. The van der Waals surface area contributed by atoms with Crippen molar-refractivity contribution in [3.63, 3.8) is 0 Å². The average molecular weight is 391 g/mol. The largest absolute Gasteiger partial charge is 0.379 e. The van der Waals surface area contributed by atoms with Crippen LogP contribution in [-0.4, -0.2) is 51.9 Å². The van der Waals surface area contributed by atoms with Crippen LogP contribution in [0.3, 0.4) is 0 Å². The summed E-state index contributed by atoms with van der Waals surface area (Å²) in [6.07, 6.45) is 7.19. The Kier molecular flexibility index (Phi) is 4.77.